The summed E-state index contributed by atoms with van der Waals surface area (Å²) in [5.41, 5.74) is 0.496. The number of carbonyl (C=O) groups excluding carboxylic acids is 1. The highest BCUT2D eigenvalue weighted by atomic mass is 35.5. The van der Waals surface area contributed by atoms with Crippen molar-refractivity contribution in [3.63, 3.8) is 0 Å². The Hall–Kier alpha value is -1.57. The highest BCUT2D eigenvalue weighted by molar-refractivity contribution is 6.30. The van der Waals surface area contributed by atoms with Crippen LogP contribution < -0.4 is 0 Å². The molecule has 23 heavy (non-hydrogen) atoms. The van der Waals surface area contributed by atoms with Crippen LogP contribution >= 0.6 is 11.6 Å². The number of benzene rings is 1. The zero-order valence-electron chi connectivity index (χ0n) is 13.9. The molecule has 1 aromatic rings. The van der Waals surface area contributed by atoms with E-state index < -0.39 is 5.54 Å². The summed E-state index contributed by atoms with van der Waals surface area (Å²) in [4.78, 5) is 16.2. The first-order valence-corrected chi connectivity index (χ1v) is 8.45. The van der Waals surface area contributed by atoms with E-state index in [0.717, 1.165) is 37.7 Å². The van der Waals surface area contributed by atoms with E-state index in [0.29, 0.717) is 18.1 Å². The van der Waals surface area contributed by atoms with E-state index in [9.17, 15) is 10.1 Å². The monoisotopic (exact) mass is 333 g/mol. The number of nitriles is 1. The van der Waals surface area contributed by atoms with Crippen LogP contribution in [-0.4, -0.2) is 41.9 Å². The highest BCUT2D eigenvalue weighted by Crippen LogP contribution is 2.32. The van der Waals surface area contributed by atoms with Gasteiger partial charge in [-0.15, -0.1) is 0 Å². The SMILES string of the molecule is CN(CC(=O)N(C)C1(C#N)CCCCC1)Cc1ccc(Cl)cc1. The molecule has 0 heterocycles. The molecule has 0 N–H and O–H groups in total. The van der Waals surface area contributed by atoms with Gasteiger partial charge in [-0.2, -0.15) is 5.26 Å². The number of hydrogen-bond donors (Lipinski definition) is 0. The van der Waals surface area contributed by atoms with Gasteiger partial charge in [0.25, 0.3) is 0 Å². The van der Waals surface area contributed by atoms with Gasteiger partial charge >= 0.3 is 0 Å². The lowest BCUT2D eigenvalue weighted by atomic mass is 9.81. The molecule has 1 fully saturated rings. The second-order valence-electron chi connectivity index (χ2n) is 6.46. The van der Waals surface area contributed by atoms with Crippen molar-refractivity contribution in [2.75, 3.05) is 20.6 Å². The van der Waals surface area contributed by atoms with Gasteiger partial charge in [-0.05, 0) is 37.6 Å². The van der Waals surface area contributed by atoms with E-state index in [4.69, 9.17) is 11.6 Å². The largest absolute Gasteiger partial charge is 0.326 e. The number of halogens is 1. The molecule has 0 aliphatic heterocycles. The third-order valence-corrected chi connectivity index (χ3v) is 4.93. The molecule has 1 amide bonds. The van der Waals surface area contributed by atoms with Crippen LogP contribution in [0.3, 0.4) is 0 Å². The number of rotatable bonds is 5. The number of amides is 1. The van der Waals surface area contributed by atoms with Crippen molar-refractivity contribution < 1.29 is 4.79 Å². The highest BCUT2D eigenvalue weighted by Gasteiger charge is 2.38. The van der Waals surface area contributed by atoms with Crippen LogP contribution in [0, 0.1) is 11.3 Å². The standard InChI is InChI=1S/C18H24ClN3O/c1-21(12-15-6-8-16(19)9-7-15)13-17(23)22(2)18(14-20)10-4-3-5-11-18/h6-9H,3-5,10-13H2,1-2H3. The van der Waals surface area contributed by atoms with Crippen LogP contribution in [0.25, 0.3) is 0 Å². The molecule has 1 aliphatic carbocycles. The van der Waals surface area contributed by atoms with Crippen LogP contribution in [0.2, 0.25) is 5.02 Å². The van der Waals surface area contributed by atoms with E-state index >= 15 is 0 Å². The Kier molecular flexibility index (Phi) is 6.04. The molecular formula is C18H24ClN3O. The van der Waals surface area contributed by atoms with E-state index in [1.54, 1.807) is 11.9 Å². The van der Waals surface area contributed by atoms with E-state index in [-0.39, 0.29) is 5.91 Å². The number of nitrogens with zero attached hydrogens (tertiary/aromatic N) is 3. The predicted molar refractivity (Wildman–Crippen MR) is 92.0 cm³/mol. The third-order valence-electron chi connectivity index (χ3n) is 4.68. The number of hydrogen-bond acceptors (Lipinski definition) is 3. The Morgan fingerprint density at radius 1 is 1.22 bits per heavy atom. The van der Waals surface area contributed by atoms with Crippen molar-refractivity contribution in [1.82, 2.24) is 9.80 Å². The molecule has 0 radical (unpaired) electrons. The fourth-order valence-corrected chi connectivity index (χ4v) is 3.32. The number of likely N-dealkylation sites (N-methyl/N-ethyl adjacent to an activating group) is 2. The van der Waals surface area contributed by atoms with E-state index in [2.05, 4.69) is 6.07 Å². The average molecular weight is 334 g/mol. The molecule has 5 heteroatoms. The van der Waals surface area contributed by atoms with Gasteiger partial charge in [-0.25, -0.2) is 0 Å². The molecule has 1 saturated carbocycles. The van der Waals surface area contributed by atoms with Gasteiger partial charge in [-0.1, -0.05) is 43.0 Å². The molecule has 1 aromatic carbocycles. The third kappa shape index (κ3) is 4.46. The van der Waals surface area contributed by atoms with Gasteiger partial charge in [-0.3, -0.25) is 9.69 Å². The summed E-state index contributed by atoms with van der Waals surface area (Å²) in [7, 11) is 3.69. The summed E-state index contributed by atoms with van der Waals surface area (Å²) in [6.07, 6.45) is 4.76. The first-order chi connectivity index (χ1) is 11.0. The van der Waals surface area contributed by atoms with Gasteiger partial charge in [0.2, 0.25) is 5.91 Å². The maximum atomic E-state index is 12.6. The molecule has 2 rings (SSSR count). The Labute approximate surface area is 143 Å². The molecule has 0 atom stereocenters. The van der Waals surface area contributed by atoms with Crippen molar-refractivity contribution in [2.45, 2.75) is 44.2 Å². The second kappa shape index (κ2) is 7.81. The minimum atomic E-state index is -0.615. The fourth-order valence-electron chi connectivity index (χ4n) is 3.19. The van der Waals surface area contributed by atoms with E-state index in [1.807, 2.05) is 36.2 Å². The van der Waals surface area contributed by atoms with Crippen molar-refractivity contribution in [1.29, 1.82) is 5.26 Å². The van der Waals surface area contributed by atoms with Crippen LogP contribution in [0.4, 0.5) is 0 Å². The Morgan fingerprint density at radius 3 is 2.39 bits per heavy atom. The van der Waals surface area contributed by atoms with Gasteiger partial charge in [0.05, 0.1) is 12.6 Å². The summed E-state index contributed by atoms with van der Waals surface area (Å²) >= 11 is 5.89. The average Bonchev–Trinajstić information content (AvgIpc) is 2.56. The van der Waals surface area contributed by atoms with Crippen molar-refractivity contribution in [3.8, 4) is 6.07 Å². The second-order valence-corrected chi connectivity index (χ2v) is 6.89. The van der Waals surface area contributed by atoms with Gasteiger partial charge in [0.15, 0.2) is 0 Å². The van der Waals surface area contributed by atoms with Gasteiger partial charge < -0.3 is 4.90 Å². The fraction of sp³-hybridized carbons (Fsp3) is 0.556. The normalized spacial score (nSPS) is 16.8. The van der Waals surface area contributed by atoms with Gasteiger partial charge in [0.1, 0.15) is 5.54 Å². The van der Waals surface area contributed by atoms with E-state index in [1.165, 1.54) is 0 Å². The molecule has 0 saturated heterocycles. The zero-order valence-corrected chi connectivity index (χ0v) is 14.6. The molecule has 1 aliphatic rings. The van der Waals surface area contributed by atoms with Crippen molar-refractivity contribution in [3.05, 3.63) is 34.9 Å². The van der Waals surface area contributed by atoms with Crippen LogP contribution in [0.1, 0.15) is 37.7 Å². The lowest BCUT2D eigenvalue weighted by Gasteiger charge is -2.39. The van der Waals surface area contributed by atoms with Crippen LogP contribution in [-0.2, 0) is 11.3 Å². The minimum absolute atomic E-state index is 0.00455. The first kappa shape index (κ1) is 17.8. The molecule has 0 bridgehead atoms. The molecule has 0 aromatic heterocycles. The first-order valence-electron chi connectivity index (χ1n) is 8.08. The minimum Gasteiger partial charge on any atom is -0.326 e. The summed E-state index contributed by atoms with van der Waals surface area (Å²) in [5.74, 6) is 0.00455. The zero-order chi connectivity index (χ0) is 16.9. The lowest BCUT2D eigenvalue weighted by molar-refractivity contribution is -0.135. The maximum Gasteiger partial charge on any atom is 0.237 e. The molecular weight excluding hydrogens is 310 g/mol. The summed E-state index contributed by atoms with van der Waals surface area (Å²) in [6.45, 7) is 0.985. The maximum absolute atomic E-state index is 12.6. The summed E-state index contributed by atoms with van der Waals surface area (Å²) < 4.78 is 0. The predicted octanol–water partition coefficient (Wildman–Crippen LogP) is 3.46. The topological polar surface area (TPSA) is 47.3 Å². The summed E-state index contributed by atoms with van der Waals surface area (Å²) in [6, 6.07) is 10.0. The Balaban J connectivity index is 1.94. The molecule has 4 nitrogen and oxygen atoms in total. The van der Waals surface area contributed by atoms with Crippen molar-refractivity contribution in [2.24, 2.45) is 0 Å². The smallest absolute Gasteiger partial charge is 0.237 e. The Bertz CT molecular complexity index is 573. The van der Waals surface area contributed by atoms with Crippen LogP contribution in [0.5, 0.6) is 0 Å². The van der Waals surface area contributed by atoms with Crippen molar-refractivity contribution >= 4 is 17.5 Å². The lowest BCUT2D eigenvalue weighted by Crippen LogP contribution is -2.52. The molecule has 0 spiro atoms. The molecule has 124 valence electrons. The van der Waals surface area contributed by atoms with Gasteiger partial charge in [0, 0.05) is 18.6 Å². The summed E-state index contributed by atoms with van der Waals surface area (Å²) in [5, 5.41) is 10.3. The molecule has 0 unspecified atom stereocenters. The van der Waals surface area contributed by atoms with Crippen LogP contribution in [0.15, 0.2) is 24.3 Å². The Morgan fingerprint density at radius 2 is 1.83 bits per heavy atom. The quantitative estimate of drug-likeness (QED) is 0.829. The number of carbonyl (C=O) groups is 1.